The molecule has 1 rings (SSSR count). The molecule has 6 heteroatoms. The monoisotopic (exact) mass is 285 g/mol. The van der Waals surface area contributed by atoms with Crippen LogP contribution in [-0.2, 0) is 16.0 Å². The van der Waals surface area contributed by atoms with Gasteiger partial charge >= 0.3 is 5.97 Å². The van der Waals surface area contributed by atoms with E-state index in [4.69, 9.17) is 5.11 Å². The van der Waals surface area contributed by atoms with E-state index in [0.29, 0.717) is 12.5 Å². The van der Waals surface area contributed by atoms with Crippen molar-refractivity contribution in [2.24, 2.45) is 5.92 Å². The van der Waals surface area contributed by atoms with Crippen molar-refractivity contribution < 1.29 is 23.5 Å². The zero-order chi connectivity index (χ0) is 15.3. The van der Waals surface area contributed by atoms with Crippen molar-refractivity contribution in [3.05, 3.63) is 35.4 Å². The fourth-order valence-corrected chi connectivity index (χ4v) is 1.84. The Bertz CT molecular complexity index is 483. The van der Waals surface area contributed by atoms with Crippen LogP contribution in [0.4, 0.5) is 8.78 Å². The normalized spacial score (nSPS) is 12.2. The Balaban J connectivity index is 2.68. The van der Waals surface area contributed by atoms with Crippen molar-refractivity contribution >= 4 is 11.9 Å². The molecule has 0 heterocycles. The number of carbonyl (C=O) groups is 2. The molecular weight excluding hydrogens is 268 g/mol. The van der Waals surface area contributed by atoms with Gasteiger partial charge in [0.05, 0.1) is 6.42 Å². The second-order valence-corrected chi connectivity index (χ2v) is 5.04. The van der Waals surface area contributed by atoms with E-state index in [1.165, 1.54) is 0 Å². The molecule has 0 unspecified atom stereocenters. The Kier molecular flexibility index (Phi) is 5.61. The van der Waals surface area contributed by atoms with Crippen LogP contribution in [0.1, 0.15) is 25.8 Å². The summed E-state index contributed by atoms with van der Waals surface area (Å²) in [5.41, 5.74) is 0.161. The number of aliphatic carboxylic acids is 1. The third-order valence-corrected chi connectivity index (χ3v) is 2.63. The summed E-state index contributed by atoms with van der Waals surface area (Å²) in [7, 11) is 0. The molecule has 110 valence electrons. The highest BCUT2D eigenvalue weighted by atomic mass is 19.1. The van der Waals surface area contributed by atoms with E-state index in [0.717, 1.165) is 12.1 Å². The van der Waals surface area contributed by atoms with Gasteiger partial charge in [-0.05, 0) is 30.0 Å². The number of hydrogen-bond donors (Lipinski definition) is 2. The highest BCUT2D eigenvalue weighted by molar-refractivity contribution is 5.84. The number of nitrogens with one attached hydrogen (secondary N) is 1. The van der Waals surface area contributed by atoms with Gasteiger partial charge in [-0.25, -0.2) is 13.6 Å². The fraction of sp³-hybridized carbons (Fsp3) is 0.429. The summed E-state index contributed by atoms with van der Waals surface area (Å²) in [6.07, 6.45) is 0.0230. The maximum absolute atomic E-state index is 13.0. The van der Waals surface area contributed by atoms with Crippen molar-refractivity contribution in [3.8, 4) is 0 Å². The molecule has 0 bridgehead atoms. The van der Waals surface area contributed by atoms with Crippen molar-refractivity contribution in [3.63, 3.8) is 0 Å². The maximum atomic E-state index is 13.0. The number of benzene rings is 1. The van der Waals surface area contributed by atoms with E-state index in [-0.39, 0.29) is 17.9 Å². The smallest absolute Gasteiger partial charge is 0.326 e. The first kappa shape index (κ1) is 16.1. The number of halogens is 2. The first-order valence-corrected chi connectivity index (χ1v) is 6.25. The van der Waals surface area contributed by atoms with E-state index in [9.17, 15) is 18.4 Å². The summed E-state index contributed by atoms with van der Waals surface area (Å²) in [6, 6.07) is 1.79. The van der Waals surface area contributed by atoms with Gasteiger partial charge in [0.2, 0.25) is 5.91 Å². The van der Waals surface area contributed by atoms with Crippen molar-refractivity contribution in [2.45, 2.75) is 32.7 Å². The fourth-order valence-electron chi connectivity index (χ4n) is 1.84. The quantitative estimate of drug-likeness (QED) is 0.841. The maximum Gasteiger partial charge on any atom is 0.326 e. The van der Waals surface area contributed by atoms with Gasteiger partial charge in [-0.2, -0.15) is 0 Å². The number of rotatable bonds is 6. The van der Waals surface area contributed by atoms with E-state index < -0.39 is 29.6 Å². The third-order valence-electron chi connectivity index (χ3n) is 2.63. The van der Waals surface area contributed by atoms with Gasteiger partial charge in [-0.3, -0.25) is 4.79 Å². The number of amides is 1. The Hall–Kier alpha value is -1.98. The molecule has 0 radical (unpaired) electrons. The average molecular weight is 285 g/mol. The van der Waals surface area contributed by atoms with Gasteiger partial charge in [0, 0.05) is 6.07 Å². The van der Waals surface area contributed by atoms with Crippen molar-refractivity contribution in [1.29, 1.82) is 0 Å². The van der Waals surface area contributed by atoms with Crippen LogP contribution in [0.25, 0.3) is 0 Å². The van der Waals surface area contributed by atoms with E-state index >= 15 is 0 Å². The lowest BCUT2D eigenvalue weighted by molar-refractivity contribution is -0.142. The minimum Gasteiger partial charge on any atom is -0.480 e. The van der Waals surface area contributed by atoms with Crippen molar-refractivity contribution in [1.82, 2.24) is 5.32 Å². The molecule has 1 amide bonds. The lowest BCUT2D eigenvalue weighted by Crippen LogP contribution is -2.42. The first-order chi connectivity index (χ1) is 9.27. The lowest BCUT2D eigenvalue weighted by atomic mass is 10.0. The summed E-state index contributed by atoms with van der Waals surface area (Å²) < 4.78 is 26.0. The molecule has 1 aromatic carbocycles. The highest BCUT2D eigenvalue weighted by Gasteiger charge is 2.21. The van der Waals surface area contributed by atoms with Crippen molar-refractivity contribution in [2.75, 3.05) is 0 Å². The number of hydrogen-bond acceptors (Lipinski definition) is 2. The zero-order valence-electron chi connectivity index (χ0n) is 11.3. The topological polar surface area (TPSA) is 66.4 Å². The van der Waals surface area contributed by atoms with Gasteiger partial charge in [0.15, 0.2) is 0 Å². The molecule has 0 aromatic heterocycles. The molecule has 0 spiro atoms. The number of carbonyl (C=O) groups excluding carboxylic acids is 1. The molecule has 2 N–H and O–H groups in total. The van der Waals surface area contributed by atoms with Crippen LogP contribution in [-0.4, -0.2) is 23.0 Å². The molecule has 4 nitrogen and oxygen atoms in total. The third kappa shape index (κ3) is 5.34. The molecule has 1 aromatic rings. The Morgan fingerprint density at radius 2 is 1.75 bits per heavy atom. The van der Waals surface area contributed by atoms with E-state index in [2.05, 4.69) is 5.32 Å². The van der Waals surface area contributed by atoms with Crippen LogP contribution < -0.4 is 5.32 Å². The zero-order valence-corrected chi connectivity index (χ0v) is 11.3. The van der Waals surface area contributed by atoms with Crippen LogP contribution in [0.5, 0.6) is 0 Å². The second kappa shape index (κ2) is 6.98. The van der Waals surface area contributed by atoms with Gasteiger partial charge in [0.25, 0.3) is 0 Å². The van der Waals surface area contributed by atoms with Gasteiger partial charge in [-0.1, -0.05) is 13.8 Å². The number of carboxylic acid groups (broad SMARTS) is 1. The van der Waals surface area contributed by atoms with E-state index in [1.54, 1.807) is 0 Å². The molecule has 0 saturated heterocycles. The lowest BCUT2D eigenvalue weighted by Gasteiger charge is -2.16. The largest absolute Gasteiger partial charge is 0.480 e. The van der Waals surface area contributed by atoms with Crippen LogP contribution in [0.3, 0.4) is 0 Å². The predicted molar refractivity (Wildman–Crippen MR) is 69.1 cm³/mol. The minimum atomic E-state index is -1.13. The van der Waals surface area contributed by atoms with Crippen LogP contribution >= 0.6 is 0 Å². The molecular formula is C14H17F2NO3. The van der Waals surface area contributed by atoms with Gasteiger partial charge < -0.3 is 10.4 Å². The first-order valence-electron chi connectivity index (χ1n) is 6.25. The van der Waals surface area contributed by atoms with E-state index in [1.807, 2.05) is 13.8 Å². The number of carboxylic acids is 1. The summed E-state index contributed by atoms with van der Waals surface area (Å²) in [5, 5.41) is 11.3. The minimum absolute atomic E-state index is 0.100. The molecule has 0 saturated carbocycles. The molecule has 0 fully saturated rings. The Labute approximate surface area is 115 Å². The highest BCUT2D eigenvalue weighted by Crippen LogP contribution is 2.10. The molecule has 1 atom stereocenters. The average Bonchev–Trinajstić information content (AvgIpc) is 2.25. The van der Waals surface area contributed by atoms with Crippen LogP contribution in [0.2, 0.25) is 0 Å². The summed E-state index contributed by atoms with van der Waals surface area (Å²) in [6.45, 7) is 3.67. The predicted octanol–water partition coefficient (Wildman–Crippen LogP) is 2.12. The van der Waals surface area contributed by atoms with Crippen LogP contribution in [0.15, 0.2) is 18.2 Å². The summed E-state index contributed by atoms with van der Waals surface area (Å²) >= 11 is 0. The Morgan fingerprint density at radius 3 is 2.20 bits per heavy atom. The molecule has 0 aliphatic rings. The van der Waals surface area contributed by atoms with Gasteiger partial charge in [0.1, 0.15) is 17.7 Å². The summed E-state index contributed by atoms with van der Waals surface area (Å²) in [4.78, 5) is 22.7. The molecule has 0 aliphatic heterocycles. The molecule has 0 aliphatic carbocycles. The summed E-state index contributed by atoms with van der Waals surface area (Å²) in [5.74, 6) is -3.15. The second-order valence-electron chi connectivity index (χ2n) is 5.04. The van der Waals surface area contributed by atoms with Gasteiger partial charge in [-0.15, -0.1) is 0 Å². The SMILES string of the molecule is CC(C)C[C@H](NC(=O)Cc1cc(F)cc(F)c1)C(=O)O. The Morgan fingerprint density at radius 1 is 1.20 bits per heavy atom. The molecule has 20 heavy (non-hydrogen) atoms. The van der Waals surface area contributed by atoms with Crippen LogP contribution in [0, 0.1) is 17.6 Å². The standard InChI is InChI=1S/C14H17F2NO3/c1-8(2)3-12(14(19)20)17-13(18)6-9-4-10(15)7-11(16)5-9/h4-5,7-8,12H,3,6H2,1-2H3,(H,17,18)(H,19,20)/t12-/m0/s1.